The predicted molar refractivity (Wildman–Crippen MR) is 105 cm³/mol. The molecule has 1 aromatic carbocycles. The van der Waals surface area contributed by atoms with Gasteiger partial charge in [0.1, 0.15) is 11.4 Å². The molecule has 0 aliphatic carbocycles. The molecule has 2 aromatic heterocycles. The Morgan fingerprint density at radius 2 is 1.85 bits per heavy atom. The number of rotatable bonds is 7. The van der Waals surface area contributed by atoms with Gasteiger partial charge < -0.3 is 15.0 Å². The molecular weight excluding hydrogens is 340 g/mol. The SMILES string of the molecule is COc1cccc(Nc2ccnc(C(=O)N(C)CCc3ccncc3)c2)c1. The molecule has 6 nitrogen and oxygen atoms in total. The van der Waals surface area contributed by atoms with Crippen molar-refractivity contribution in [3.05, 3.63) is 78.4 Å². The third-order valence-corrected chi connectivity index (χ3v) is 4.17. The topological polar surface area (TPSA) is 67.3 Å². The van der Waals surface area contributed by atoms with Gasteiger partial charge in [0.2, 0.25) is 0 Å². The summed E-state index contributed by atoms with van der Waals surface area (Å²) >= 11 is 0. The predicted octanol–water partition coefficient (Wildman–Crippen LogP) is 3.54. The molecule has 0 fully saturated rings. The van der Waals surface area contributed by atoms with Crippen LogP contribution < -0.4 is 10.1 Å². The fourth-order valence-electron chi connectivity index (χ4n) is 2.64. The Morgan fingerprint density at radius 3 is 2.63 bits per heavy atom. The lowest BCUT2D eigenvalue weighted by atomic mass is 10.2. The molecule has 0 saturated heterocycles. The van der Waals surface area contributed by atoms with Crippen molar-refractivity contribution in [2.45, 2.75) is 6.42 Å². The van der Waals surface area contributed by atoms with E-state index in [0.717, 1.165) is 29.1 Å². The van der Waals surface area contributed by atoms with Crippen LogP contribution in [0.25, 0.3) is 0 Å². The zero-order valence-corrected chi connectivity index (χ0v) is 15.4. The van der Waals surface area contributed by atoms with Crippen LogP contribution in [0.2, 0.25) is 0 Å². The molecule has 3 aromatic rings. The summed E-state index contributed by atoms with van der Waals surface area (Å²) in [7, 11) is 3.41. The van der Waals surface area contributed by atoms with Gasteiger partial charge in [-0.05, 0) is 48.4 Å². The molecule has 3 rings (SSSR count). The quantitative estimate of drug-likeness (QED) is 0.696. The van der Waals surface area contributed by atoms with E-state index in [1.807, 2.05) is 42.5 Å². The standard InChI is InChI=1S/C21H22N4O2/c1-25(13-9-16-6-10-22-11-7-16)21(26)20-15-18(8-12-23-20)24-17-4-3-5-19(14-17)27-2/h3-8,10-12,14-15H,9,13H2,1-2H3,(H,23,24). The molecule has 1 amide bonds. The Hall–Kier alpha value is -3.41. The number of hydrogen-bond donors (Lipinski definition) is 1. The van der Waals surface area contributed by atoms with E-state index in [2.05, 4.69) is 15.3 Å². The maximum Gasteiger partial charge on any atom is 0.272 e. The lowest BCUT2D eigenvalue weighted by Gasteiger charge is -2.17. The molecule has 0 aliphatic heterocycles. The molecule has 27 heavy (non-hydrogen) atoms. The van der Waals surface area contributed by atoms with E-state index in [-0.39, 0.29) is 5.91 Å². The minimum atomic E-state index is -0.113. The van der Waals surface area contributed by atoms with Crippen LogP contribution in [0, 0.1) is 0 Å². The first kappa shape index (κ1) is 18.4. The van der Waals surface area contributed by atoms with E-state index >= 15 is 0 Å². The van der Waals surface area contributed by atoms with Gasteiger partial charge in [-0.15, -0.1) is 0 Å². The number of likely N-dealkylation sites (N-methyl/N-ethyl adjacent to an activating group) is 1. The molecule has 138 valence electrons. The van der Waals surface area contributed by atoms with Gasteiger partial charge in [-0.3, -0.25) is 14.8 Å². The fraction of sp³-hybridized carbons (Fsp3) is 0.190. The molecule has 6 heteroatoms. The summed E-state index contributed by atoms with van der Waals surface area (Å²) < 4.78 is 5.23. The van der Waals surface area contributed by atoms with Crippen molar-refractivity contribution in [3.8, 4) is 5.75 Å². The third kappa shape index (κ3) is 5.04. The highest BCUT2D eigenvalue weighted by atomic mass is 16.5. The first-order valence-electron chi connectivity index (χ1n) is 8.67. The number of amides is 1. The van der Waals surface area contributed by atoms with Crippen LogP contribution in [0.1, 0.15) is 16.1 Å². The van der Waals surface area contributed by atoms with E-state index in [0.29, 0.717) is 12.2 Å². The van der Waals surface area contributed by atoms with Crippen LogP contribution in [0.4, 0.5) is 11.4 Å². The summed E-state index contributed by atoms with van der Waals surface area (Å²) in [5, 5.41) is 3.27. The van der Waals surface area contributed by atoms with Gasteiger partial charge in [-0.25, -0.2) is 0 Å². The van der Waals surface area contributed by atoms with Crippen molar-refractivity contribution >= 4 is 17.3 Å². The maximum absolute atomic E-state index is 12.7. The molecule has 0 bridgehead atoms. The highest BCUT2D eigenvalue weighted by Gasteiger charge is 2.13. The van der Waals surface area contributed by atoms with Crippen LogP contribution in [-0.4, -0.2) is 41.5 Å². The van der Waals surface area contributed by atoms with Gasteiger partial charge in [0.25, 0.3) is 5.91 Å². The monoisotopic (exact) mass is 362 g/mol. The zero-order chi connectivity index (χ0) is 19.1. The number of aromatic nitrogens is 2. The summed E-state index contributed by atoms with van der Waals surface area (Å²) in [6.45, 7) is 0.609. The Morgan fingerprint density at radius 1 is 1.07 bits per heavy atom. The second kappa shape index (κ2) is 8.80. The summed E-state index contributed by atoms with van der Waals surface area (Å²) in [5.41, 5.74) is 3.22. The molecule has 0 aliphatic rings. The first-order valence-corrected chi connectivity index (χ1v) is 8.67. The molecule has 0 unspecified atom stereocenters. The minimum Gasteiger partial charge on any atom is -0.497 e. The van der Waals surface area contributed by atoms with E-state index in [1.165, 1.54) is 0 Å². The highest BCUT2D eigenvalue weighted by Crippen LogP contribution is 2.21. The number of pyridine rings is 2. The molecule has 0 saturated carbocycles. The lowest BCUT2D eigenvalue weighted by Crippen LogP contribution is -2.29. The van der Waals surface area contributed by atoms with Crippen LogP contribution in [0.3, 0.4) is 0 Å². The van der Waals surface area contributed by atoms with Crippen LogP contribution in [0.5, 0.6) is 5.75 Å². The largest absolute Gasteiger partial charge is 0.497 e. The summed E-state index contributed by atoms with van der Waals surface area (Å²) in [6, 6.07) is 15.1. The van der Waals surface area contributed by atoms with E-state index in [9.17, 15) is 4.79 Å². The minimum absolute atomic E-state index is 0.113. The number of ether oxygens (including phenoxy) is 1. The van der Waals surface area contributed by atoms with Gasteiger partial charge in [0, 0.05) is 49.6 Å². The summed E-state index contributed by atoms with van der Waals surface area (Å²) in [6.07, 6.45) is 5.91. The van der Waals surface area contributed by atoms with Crippen molar-refractivity contribution in [1.29, 1.82) is 0 Å². The Bertz CT molecular complexity index is 899. The molecular formula is C21H22N4O2. The highest BCUT2D eigenvalue weighted by molar-refractivity contribution is 5.93. The van der Waals surface area contributed by atoms with E-state index < -0.39 is 0 Å². The summed E-state index contributed by atoms with van der Waals surface area (Å²) in [4.78, 5) is 22.6. The number of carbonyl (C=O) groups excluding carboxylic acids is 1. The third-order valence-electron chi connectivity index (χ3n) is 4.17. The van der Waals surface area contributed by atoms with Gasteiger partial charge in [-0.1, -0.05) is 6.07 Å². The van der Waals surface area contributed by atoms with Gasteiger partial charge in [-0.2, -0.15) is 0 Å². The second-order valence-corrected chi connectivity index (χ2v) is 6.12. The van der Waals surface area contributed by atoms with Gasteiger partial charge in [0.05, 0.1) is 7.11 Å². The fourth-order valence-corrected chi connectivity index (χ4v) is 2.64. The normalized spacial score (nSPS) is 10.3. The number of nitrogens with one attached hydrogen (secondary N) is 1. The van der Waals surface area contributed by atoms with Crippen molar-refractivity contribution < 1.29 is 9.53 Å². The number of methoxy groups -OCH3 is 1. The number of benzene rings is 1. The smallest absolute Gasteiger partial charge is 0.272 e. The van der Waals surface area contributed by atoms with Crippen LogP contribution in [-0.2, 0) is 6.42 Å². The first-order chi connectivity index (χ1) is 13.2. The van der Waals surface area contributed by atoms with Gasteiger partial charge >= 0.3 is 0 Å². The Balaban J connectivity index is 1.65. The van der Waals surface area contributed by atoms with Gasteiger partial charge in [0.15, 0.2) is 0 Å². The molecule has 0 atom stereocenters. The van der Waals surface area contributed by atoms with Crippen molar-refractivity contribution in [2.75, 3.05) is 26.0 Å². The summed E-state index contributed by atoms with van der Waals surface area (Å²) in [5.74, 6) is 0.652. The number of nitrogens with zero attached hydrogens (tertiary/aromatic N) is 3. The Labute approximate surface area is 158 Å². The van der Waals surface area contributed by atoms with Crippen molar-refractivity contribution in [2.24, 2.45) is 0 Å². The number of hydrogen-bond acceptors (Lipinski definition) is 5. The average molecular weight is 362 g/mol. The molecule has 0 spiro atoms. The lowest BCUT2D eigenvalue weighted by molar-refractivity contribution is 0.0791. The maximum atomic E-state index is 12.7. The zero-order valence-electron chi connectivity index (χ0n) is 15.4. The molecule has 1 N–H and O–H groups in total. The number of anilines is 2. The van der Waals surface area contributed by atoms with E-state index in [1.54, 1.807) is 43.7 Å². The Kier molecular flexibility index (Phi) is 5.99. The van der Waals surface area contributed by atoms with E-state index in [4.69, 9.17) is 4.74 Å². The van der Waals surface area contributed by atoms with Crippen molar-refractivity contribution in [1.82, 2.24) is 14.9 Å². The molecule has 2 heterocycles. The second-order valence-electron chi connectivity index (χ2n) is 6.12. The molecule has 0 radical (unpaired) electrons. The average Bonchev–Trinajstić information content (AvgIpc) is 2.72. The number of carbonyl (C=O) groups is 1. The van der Waals surface area contributed by atoms with Crippen molar-refractivity contribution in [3.63, 3.8) is 0 Å². The van der Waals surface area contributed by atoms with Crippen LogP contribution in [0.15, 0.2) is 67.1 Å². The van der Waals surface area contributed by atoms with Crippen LogP contribution >= 0.6 is 0 Å².